The van der Waals surface area contributed by atoms with Gasteiger partial charge in [-0.15, -0.1) is 5.10 Å². The van der Waals surface area contributed by atoms with Crippen molar-refractivity contribution in [3.63, 3.8) is 0 Å². The minimum absolute atomic E-state index is 0.0470. The van der Waals surface area contributed by atoms with Crippen LogP contribution in [0.25, 0.3) is 10.4 Å². The average molecular weight is 368 g/mol. The van der Waals surface area contributed by atoms with Crippen LogP contribution in [0.1, 0.15) is 34.8 Å². The van der Waals surface area contributed by atoms with Crippen molar-refractivity contribution in [3.8, 4) is 10.4 Å². The minimum atomic E-state index is -0.333. The lowest BCUT2D eigenvalue weighted by atomic mass is 9.91. The van der Waals surface area contributed by atoms with Crippen LogP contribution in [0, 0.1) is 5.82 Å². The third kappa shape index (κ3) is 3.35. The number of benzene rings is 1. The van der Waals surface area contributed by atoms with Crippen molar-refractivity contribution in [2.24, 2.45) is 0 Å². The molecular weight excluding hydrogens is 351 g/mol. The summed E-state index contributed by atoms with van der Waals surface area (Å²) in [5.41, 5.74) is 2.61. The summed E-state index contributed by atoms with van der Waals surface area (Å²) in [6.07, 6.45) is 5.22. The summed E-state index contributed by atoms with van der Waals surface area (Å²) < 4.78 is 17.2. The van der Waals surface area contributed by atoms with E-state index in [2.05, 4.69) is 14.6 Å². The number of carbonyl (C=O) groups is 1. The molecule has 7 heteroatoms. The van der Waals surface area contributed by atoms with E-state index in [1.807, 2.05) is 17.0 Å². The van der Waals surface area contributed by atoms with E-state index in [0.717, 1.165) is 29.0 Å². The zero-order valence-corrected chi connectivity index (χ0v) is 14.8. The van der Waals surface area contributed by atoms with Gasteiger partial charge in [-0.05, 0) is 66.3 Å². The molecule has 0 spiro atoms. The average Bonchev–Trinajstić information content (AvgIpc) is 3.19. The molecule has 3 heterocycles. The van der Waals surface area contributed by atoms with Crippen molar-refractivity contribution < 1.29 is 9.18 Å². The first-order valence-electron chi connectivity index (χ1n) is 8.50. The molecule has 1 amide bonds. The molecule has 0 radical (unpaired) electrons. The predicted molar refractivity (Wildman–Crippen MR) is 97.4 cm³/mol. The lowest BCUT2D eigenvalue weighted by molar-refractivity contribution is 0.0712. The first-order valence-corrected chi connectivity index (χ1v) is 9.27. The molecule has 0 saturated carbocycles. The van der Waals surface area contributed by atoms with Crippen LogP contribution in [0.15, 0.2) is 48.8 Å². The van der Waals surface area contributed by atoms with E-state index in [9.17, 15) is 9.18 Å². The Kier molecular flexibility index (Phi) is 4.71. The number of rotatable bonds is 3. The van der Waals surface area contributed by atoms with Crippen LogP contribution in [-0.2, 0) is 0 Å². The Bertz CT molecular complexity index is 889. The molecule has 0 aliphatic carbocycles. The van der Waals surface area contributed by atoms with Crippen molar-refractivity contribution >= 4 is 17.4 Å². The van der Waals surface area contributed by atoms with E-state index in [0.29, 0.717) is 18.7 Å². The molecule has 0 atom stereocenters. The maximum Gasteiger partial charge on any atom is 0.253 e. The Balaban J connectivity index is 1.45. The summed E-state index contributed by atoms with van der Waals surface area (Å²) in [5.74, 6) is -0.0941. The first kappa shape index (κ1) is 16.8. The fraction of sp³-hybridized carbons (Fsp3) is 0.263. The molecule has 1 aliphatic rings. The Morgan fingerprint density at radius 2 is 1.77 bits per heavy atom. The second-order valence-electron chi connectivity index (χ2n) is 6.30. The van der Waals surface area contributed by atoms with Gasteiger partial charge < -0.3 is 4.90 Å². The quantitative estimate of drug-likeness (QED) is 0.706. The normalized spacial score (nSPS) is 15.2. The Morgan fingerprint density at radius 1 is 1.08 bits per heavy atom. The fourth-order valence-corrected chi connectivity index (χ4v) is 4.05. The number of halogens is 1. The molecule has 2 aromatic heterocycles. The zero-order valence-electron chi connectivity index (χ0n) is 14.0. The number of nitrogens with zero attached hydrogens (tertiary/aromatic N) is 4. The zero-order chi connectivity index (χ0) is 17.9. The lowest BCUT2D eigenvalue weighted by Crippen LogP contribution is -2.38. The van der Waals surface area contributed by atoms with Crippen LogP contribution in [-0.4, -0.2) is 38.5 Å². The van der Waals surface area contributed by atoms with Crippen molar-refractivity contribution in [2.75, 3.05) is 13.1 Å². The molecule has 1 aliphatic heterocycles. The number of amides is 1. The summed E-state index contributed by atoms with van der Waals surface area (Å²) in [4.78, 5) is 19.5. The van der Waals surface area contributed by atoms with Gasteiger partial charge in [0.05, 0.1) is 10.6 Å². The van der Waals surface area contributed by atoms with Crippen LogP contribution in [0.3, 0.4) is 0 Å². The predicted octanol–water partition coefficient (Wildman–Crippen LogP) is 3.76. The van der Waals surface area contributed by atoms with Gasteiger partial charge in [0.25, 0.3) is 5.91 Å². The van der Waals surface area contributed by atoms with Crippen molar-refractivity contribution in [2.45, 2.75) is 18.8 Å². The van der Waals surface area contributed by atoms with Crippen molar-refractivity contribution in [3.05, 3.63) is 65.9 Å². The van der Waals surface area contributed by atoms with Gasteiger partial charge in [-0.25, -0.2) is 4.39 Å². The number of likely N-dealkylation sites (tertiary alicyclic amines) is 1. The van der Waals surface area contributed by atoms with Crippen molar-refractivity contribution in [1.82, 2.24) is 19.5 Å². The van der Waals surface area contributed by atoms with Crippen LogP contribution in [0.4, 0.5) is 4.39 Å². The van der Waals surface area contributed by atoms with E-state index >= 15 is 0 Å². The van der Waals surface area contributed by atoms with Gasteiger partial charge in [-0.2, -0.15) is 0 Å². The lowest BCUT2D eigenvalue weighted by Gasteiger charge is -2.31. The molecule has 0 N–H and O–H groups in total. The minimum Gasteiger partial charge on any atom is -0.339 e. The molecule has 1 fully saturated rings. The highest BCUT2D eigenvalue weighted by atomic mass is 32.1. The van der Waals surface area contributed by atoms with Gasteiger partial charge in [0.2, 0.25) is 0 Å². The molecule has 1 saturated heterocycles. The van der Waals surface area contributed by atoms with Crippen LogP contribution < -0.4 is 0 Å². The molecule has 0 bridgehead atoms. The Morgan fingerprint density at radius 3 is 2.46 bits per heavy atom. The van der Waals surface area contributed by atoms with Gasteiger partial charge >= 0.3 is 0 Å². The van der Waals surface area contributed by atoms with Gasteiger partial charge in [0, 0.05) is 37.0 Å². The standard InChI is InChI=1S/C19H17FN4OS/c20-16-3-1-15(2-4-16)19(25)24-11-7-13(8-12-24)17-18(26-23-22-17)14-5-9-21-10-6-14/h1-6,9-10,13H,7-8,11-12H2. The fourth-order valence-electron chi connectivity index (χ4n) is 3.30. The first-order chi connectivity index (χ1) is 12.7. The van der Waals surface area contributed by atoms with E-state index < -0.39 is 0 Å². The molecule has 0 unspecified atom stereocenters. The number of carbonyl (C=O) groups excluding carboxylic acids is 1. The third-order valence-corrected chi connectivity index (χ3v) is 5.51. The Hall–Kier alpha value is -2.67. The highest BCUT2D eigenvalue weighted by Crippen LogP contribution is 2.36. The summed E-state index contributed by atoms with van der Waals surface area (Å²) in [6.45, 7) is 1.32. The smallest absolute Gasteiger partial charge is 0.253 e. The summed E-state index contributed by atoms with van der Waals surface area (Å²) in [6, 6.07) is 9.65. The molecule has 1 aromatic carbocycles. The number of hydrogen-bond donors (Lipinski definition) is 0. The molecule has 3 aromatic rings. The topological polar surface area (TPSA) is 59.0 Å². The van der Waals surface area contributed by atoms with Crippen LogP contribution in [0.5, 0.6) is 0 Å². The van der Waals surface area contributed by atoms with Gasteiger partial charge in [-0.3, -0.25) is 9.78 Å². The summed E-state index contributed by atoms with van der Waals surface area (Å²) in [7, 11) is 0. The number of hydrogen-bond acceptors (Lipinski definition) is 5. The maximum atomic E-state index is 13.0. The van der Waals surface area contributed by atoms with Crippen LogP contribution >= 0.6 is 11.5 Å². The van der Waals surface area contributed by atoms with E-state index in [4.69, 9.17) is 0 Å². The molecule has 4 rings (SSSR count). The number of piperidine rings is 1. The largest absolute Gasteiger partial charge is 0.339 e. The summed E-state index contributed by atoms with van der Waals surface area (Å²) in [5, 5.41) is 4.36. The van der Waals surface area contributed by atoms with E-state index in [-0.39, 0.29) is 17.6 Å². The van der Waals surface area contributed by atoms with Crippen molar-refractivity contribution in [1.29, 1.82) is 0 Å². The van der Waals surface area contributed by atoms with Gasteiger partial charge in [0.1, 0.15) is 5.82 Å². The number of pyridine rings is 1. The third-order valence-electron chi connectivity index (χ3n) is 4.72. The highest BCUT2D eigenvalue weighted by molar-refractivity contribution is 7.09. The second-order valence-corrected chi connectivity index (χ2v) is 7.05. The van der Waals surface area contributed by atoms with E-state index in [1.165, 1.54) is 35.8 Å². The number of aromatic nitrogens is 3. The summed E-state index contributed by atoms with van der Waals surface area (Å²) >= 11 is 1.40. The second kappa shape index (κ2) is 7.29. The van der Waals surface area contributed by atoms with E-state index in [1.54, 1.807) is 12.4 Å². The molecule has 5 nitrogen and oxygen atoms in total. The molecule has 132 valence electrons. The van der Waals surface area contributed by atoms with Gasteiger partial charge in [0.15, 0.2) is 0 Å². The molecular formula is C19H17FN4OS. The van der Waals surface area contributed by atoms with Gasteiger partial charge in [-0.1, -0.05) is 4.49 Å². The SMILES string of the molecule is O=C(c1ccc(F)cc1)N1CCC(c2nnsc2-c2ccncc2)CC1. The maximum absolute atomic E-state index is 13.0. The Labute approximate surface area is 154 Å². The molecule has 26 heavy (non-hydrogen) atoms. The highest BCUT2D eigenvalue weighted by Gasteiger charge is 2.28. The van der Waals surface area contributed by atoms with Crippen LogP contribution in [0.2, 0.25) is 0 Å². The monoisotopic (exact) mass is 368 g/mol.